The van der Waals surface area contributed by atoms with E-state index >= 15 is 0 Å². The lowest BCUT2D eigenvalue weighted by molar-refractivity contribution is 0.0137. The number of ether oxygens (including phenoxy) is 1. The molecular formula is C18H29N5O2S. The van der Waals surface area contributed by atoms with E-state index in [0.29, 0.717) is 25.6 Å². The number of hydrogen-bond donors (Lipinski definition) is 1. The van der Waals surface area contributed by atoms with Crippen molar-refractivity contribution >= 4 is 23.4 Å². The number of carbonyl (C=O) groups is 1. The third kappa shape index (κ3) is 4.47. The van der Waals surface area contributed by atoms with E-state index in [-0.39, 0.29) is 12.1 Å². The zero-order valence-electron chi connectivity index (χ0n) is 16.3. The first-order chi connectivity index (χ1) is 12.2. The third-order valence-corrected chi connectivity index (χ3v) is 5.68. The molecule has 0 radical (unpaired) electrons. The van der Waals surface area contributed by atoms with Crippen molar-refractivity contribution in [2.24, 2.45) is 4.99 Å². The Labute approximate surface area is 159 Å². The maximum Gasteiger partial charge on any atom is 0.410 e. The summed E-state index contributed by atoms with van der Waals surface area (Å²) in [5.74, 6) is 1.29. The van der Waals surface area contributed by atoms with Gasteiger partial charge in [0.25, 0.3) is 0 Å². The molecule has 3 heterocycles. The second kappa shape index (κ2) is 7.42. The SMILES string of the molecule is Cc1csc(C(C)CNC2=NCC3CN(C(=O)OC(C)(C)C)CCN23)n1. The minimum absolute atomic E-state index is 0.230. The van der Waals surface area contributed by atoms with Gasteiger partial charge in [-0.25, -0.2) is 9.78 Å². The van der Waals surface area contributed by atoms with Crippen LogP contribution in [0.1, 0.15) is 44.3 Å². The molecule has 2 atom stereocenters. The van der Waals surface area contributed by atoms with E-state index in [1.807, 2.05) is 27.7 Å². The fourth-order valence-corrected chi connectivity index (χ4v) is 4.01. The highest BCUT2D eigenvalue weighted by Crippen LogP contribution is 2.21. The van der Waals surface area contributed by atoms with Gasteiger partial charge in [0.2, 0.25) is 0 Å². The maximum atomic E-state index is 12.3. The average molecular weight is 380 g/mol. The second-order valence-corrected chi connectivity index (χ2v) is 8.94. The van der Waals surface area contributed by atoms with Crippen molar-refractivity contribution in [2.75, 3.05) is 32.7 Å². The minimum atomic E-state index is -0.461. The van der Waals surface area contributed by atoms with Crippen molar-refractivity contribution in [1.29, 1.82) is 0 Å². The Morgan fingerprint density at radius 3 is 2.88 bits per heavy atom. The molecule has 0 bridgehead atoms. The van der Waals surface area contributed by atoms with Gasteiger partial charge in [0.15, 0.2) is 5.96 Å². The van der Waals surface area contributed by atoms with Crippen LogP contribution in [0.25, 0.3) is 0 Å². The van der Waals surface area contributed by atoms with E-state index in [2.05, 4.69) is 32.5 Å². The molecule has 0 aromatic carbocycles. The summed E-state index contributed by atoms with van der Waals surface area (Å²) in [6, 6.07) is 0.233. The number of piperazine rings is 1. The number of aliphatic imine (C=N–C) groups is 1. The van der Waals surface area contributed by atoms with Crippen molar-refractivity contribution in [3.8, 4) is 0 Å². The number of nitrogens with one attached hydrogen (secondary N) is 1. The topological polar surface area (TPSA) is 70.1 Å². The first-order valence-electron chi connectivity index (χ1n) is 9.18. The Kier molecular flexibility index (Phi) is 5.41. The van der Waals surface area contributed by atoms with Gasteiger partial charge in [0, 0.05) is 43.2 Å². The Balaban J connectivity index is 1.50. The van der Waals surface area contributed by atoms with E-state index in [9.17, 15) is 4.79 Å². The number of aryl methyl sites for hydroxylation is 1. The molecule has 8 heteroatoms. The van der Waals surface area contributed by atoms with Crippen molar-refractivity contribution in [1.82, 2.24) is 20.1 Å². The number of thiazole rings is 1. The molecule has 1 fully saturated rings. The van der Waals surface area contributed by atoms with E-state index in [0.717, 1.165) is 29.8 Å². The number of fused-ring (bicyclic) bond motifs is 1. The number of hydrogen-bond acceptors (Lipinski definition) is 7. The van der Waals surface area contributed by atoms with Crippen LogP contribution in [0, 0.1) is 6.92 Å². The lowest BCUT2D eigenvalue weighted by Gasteiger charge is -2.39. The molecule has 144 valence electrons. The van der Waals surface area contributed by atoms with Crippen molar-refractivity contribution in [3.63, 3.8) is 0 Å². The number of nitrogens with zero attached hydrogens (tertiary/aromatic N) is 4. The van der Waals surface area contributed by atoms with Crippen LogP contribution in [0.5, 0.6) is 0 Å². The van der Waals surface area contributed by atoms with Gasteiger partial charge in [0.05, 0.1) is 17.6 Å². The van der Waals surface area contributed by atoms with Crippen LogP contribution in [0.4, 0.5) is 4.79 Å². The largest absolute Gasteiger partial charge is 0.444 e. The van der Waals surface area contributed by atoms with E-state index in [1.54, 1.807) is 16.2 Å². The van der Waals surface area contributed by atoms with Crippen LogP contribution < -0.4 is 5.32 Å². The summed E-state index contributed by atoms with van der Waals surface area (Å²) in [6.07, 6.45) is -0.230. The molecule has 1 amide bonds. The summed E-state index contributed by atoms with van der Waals surface area (Å²) in [4.78, 5) is 25.6. The maximum absolute atomic E-state index is 12.3. The summed E-state index contributed by atoms with van der Waals surface area (Å²) in [5.41, 5.74) is 0.616. The number of amides is 1. The first kappa shape index (κ1) is 18.9. The molecule has 2 aliphatic heterocycles. The molecule has 1 saturated heterocycles. The predicted molar refractivity (Wildman–Crippen MR) is 104 cm³/mol. The standard InChI is InChI=1S/C18H29N5O2S/c1-12(15-21-13(2)11-26-15)8-19-16-20-9-14-10-22(6-7-23(14)16)17(24)25-18(3,4)5/h11-12,14H,6-10H2,1-5H3,(H,19,20). The van der Waals surface area contributed by atoms with Crippen LogP contribution >= 0.6 is 11.3 Å². The molecule has 2 aliphatic rings. The Hall–Kier alpha value is -1.83. The monoisotopic (exact) mass is 379 g/mol. The zero-order chi connectivity index (χ0) is 18.9. The van der Waals surface area contributed by atoms with Crippen LogP contribution in [-0.2, 0) is 4.74 Å². The normalized spacial score (nSPS) is 21.3. The Morgan fingerprint density at radius 1 is 1.46 bits per heavy atom. The molecular weight excluding hydrogens is 350 g/mol. The summed E-state index contributed by atoms with van der Waals surface area (Å²) >= 11 is 1.71. The lowest BCUT2D eigenvalue weighted by Crippen LogP contribution is -2.57. The van der Waals surface area contributed by atoms with E-state index < -0.39 is 5.60 Å². The van der Waals surface area contributed by atoms with Gasteiger partial charge in [-0.2, -0.15) is 0 Å². The molecule has 1 aromatic heterocycles. The van der Waals surface area contributed by atoms with Gasteiger partial charge in [-0.3, -0.25) is 4.99 Å². The average Bonchev–Trinajstić information content (AvgIpc) is 3.16. The summed E-state index contributed by atoms with van der Waals surface area (Å²) < 4.78 is 5.49. The molecule has 2 unspecified atom stereocenters. The lowest BCUT2D eigenvalue weighted by atomic mass is 10.2. The van der Waals surface area contributed by atoms with Gasteiger partial charge in [0.1, 0.15) is 5.60 Å². The number of carbonyl (C=O) groups excluding carboxylic acids is 1. The fraction of sp³-hybridized carbons (Fsp3) is 0.722. The van der Waals surface area contributed by atoms with Gasteiger partial charge in [-0.05, 0) is 27.7 Å². The molecule has 3 rings (SSSR count). The van der Waals surface area contributed by atoms with Gasteiger partial charge >= 0.3 is 6.09 Å². The molecule has 1 aromatic rings. The highest BCUT2D eigenvalue weighted by Gasteiger charge is 2.36. The van der Waals surface area contributed by atoms with Crippen molar-refractivity contribution < 1.29 is 9.53 Å². The highest BCUT2D eigenvalue weighted by atomic mass is 32.1. The summed E-state index contributed by atoms with van der Waals surface area (Å²) in [5, 5.41) is 6.72. The van der Waals surface area contributed by atoms with Crippen molar-refractivity contribution in [2.45, 2.75) is 52.2 Å². The smallest absolute Gasteiger partial charge is 0.410 e. The number of rotatable bonds is 3. The molecule has 1 N–H and O–H groups in total. The molecule has 0 spiro atoms. The number of aromatic nitrogens is 1. The van der Waals surface area contributed by atoms with Gasteiger partial charge in [-0.15, -0.1) is 11.3 Å². The van der Waals surface area contributed by atoms with Crippen LogP contribution in [0.2, 0.25) is 0 Å². The van der Waals surface area contributed by atoms with Crippen molar-refractivity contribution in [3.05, 3.63) is 16.1 Å². The fourth-order valence-electron chi connectivity index (χ4n) is 3.15. The predicted octanol–water partition coefficient (Wildman–Crippen LogP) is 2.44. The Morgan fingerprint density at radius 2 is 2.23 bits per heavy atom. The van der Waals surface area contributed by atoms with Crippen LogP contribution in [0.3, 0.4) is 0 Å². The van der Waals surface area contributed by atoms with E-state index in [1.165, 1.54) is 0 Å². The summed E-state index contributed by atoms with van der Waals surface area (Å²) in [7, 11) is 0. The molecule has 7 nitrogen and oxygen atoms in total. The number of guanidine groups is 1. The quantitative estimate of drug-likeness (QED) is 0.873. The van der Waals surface area contributed by atoms with Gasteiger partial charge < -0.3 is 19.9 Å². The van der Waals surface area contributed by atoms with Crippen LogP contribution in [-0.4, -0.2) is 71.2 Å². The highest BCUT2D eigenvalue weighted by molar-refractivity contribution is 7.09. The first-order valence-corrected chi connectivity index (χ1v) is 10.1. The Bertz CT molecular complexity index is 681. The molecule has 26 heavy (non-hydrogen) atoms. The minimum Gasteiger partial charge on any atom is -0.444 e. The van der Waals surface area contributed by atoms with E-state index in [4.69, 9.17) is 4.74 Å². The second-order valence-electron chi connectivity index (χ2n) is 8.05. The molecule has 0 aliphatic carbocycles. The third-order valence-electron chi connectivity index (χ3n) is 4.48. The van der Waals surface area contributed by atoms with Gasteiger partial charge in [-0.1, -0.05) is 6.92 Å². The van der Waals surface area contributed by atoms with Crippen LogP contribution in [0.15, 0.2) is 10.4 Å². The summed E-state index contributed by atoms with van der Waals surface area (Å²) in [6.45, 7) is 13.5. The molecule has 0 saturated carbocycles. The zero-order valence-corrected chi connectivity index (χ0v) is 17.1.